The predicted octanol–water partition coefficient (Wildman–Crippen LogP) is 4.22. The van der Waals surface area contributed by atoms with E-state index in [1.165, 1.54) is 10.4 Å². The van der Waals surface area contributed by atoms with Crippen LogP contribution in [0.1, 0.15) is 25.8 Å². The summed E-state index contributed by atoms with van der Waals surface area (Å²) in [4.78, 5) is 16.7. The van der Waals surface area contributed by atoms with Gasteiger partial charge in [0.15, 0.2) is 6.61 Å². The van der Waals surface area contributed by atoms with Crippen molar-refractivity contribution < 1.29 is 17.9 Å². The number of pyridine rings is 1. The fraction of sp³-hybridized carbons (Fsp3) is 0.360. The lowest BCUT2D eigenvalue weighted by molar-refractivity contribution is -0.123. The Bertz CT molecular complexity index is 1280. The van der Waals surface area contributed by atoms with Crippen molar-refractivity contribution in [3.8, 4) is 5.75 Å². The zero-order valence-electron chi connectivity index (χ0n) is 20.2. The Balaban J connectivity index is 1.44. The number of halogens is 1. The molecule has 0 unspecified atom stereocenters. The molecule has 2 aromatic carbocycles. The Morgan fingerprint density at radius 2 is 1.86 bits per heavy atom. The first kappa shape index (κ1) is 26.7. The first-order valence-electron chi connectivity index (χ1n) is 11.5. The molecule has 1 heterocycles. The number of hydrogen-bond donors (Lipinski definition) is 2. The second-order valence-corrected chi connectivity index (χ2v) is 10.3. The van der Waals surface area contributed by atoms with Crippen molar-refractivity contribution in [3.05, 3.63) is 59.2 Å². The Morgan fingerprint density at radius 1 is 1.09 bits per heavy atom. The van der Waals surface area contributed by atoms with Crippen LogP contribution in [0.2, 0.25) is 5.02 Å². The van der Waals surface area contributed by atoms with E-state index in [4.69, 9.17) is 16.3 Å². The van der Waals surface area contributed by atoms with Crippen LogP contribution in [0.25, 0.3) is 10.9 Å². The second kappa shape index (κ2) is 12.2. The van der Waals surface area contributed by atoms with E-state index in [0.717, 1.165) is 23.0 Å². The smallest absolute Gasteiger partial charge is 0.257 e. The number of carbonyl (C=O) groups is 1. The highest BCUT2D eigenvalue weighted by atomic mass is 35.5. The molecular weight excluding hydrogens is 488 g/mol. The molecule has 188 valence electrons. The van der Waals surface area contributed by atoms with E-state index < -0.39 is 10.0 Å². The average molecular weight is 519 g/mol. The molecule has 0 fully saturated rings. The Kier molecular flexibility index (Phi) is 9.31. The van der Waals surface area contributed by atoms with Gasteiger partial charge >= 0.3 is 0 Å². The van der Waals surface area contributed by atoms with E-state index in [9.17, 15) is 13.2 Å². The van der Waals surface area contributed by atoms with Gasteiger partial charge in [0.25, 0.3) is 5.91 Å². The van der Waals surface area contributed by atoms with Crippen molar-refractivity contribution in [2.45, 2.75) is 32.1 Å². The average Bonchev–Trinajstić information content (AvgIpc) is 2.83. The van der Waals surface area contributed by atoms with Gasteiger partial charge in [-0.15, -0.1) is 0 Å². The fourth-order valence-electron chi connectivity index (χ4n) is 3.67. The molecule has 0 aliphatic heterocycles. The molecular formula is C25H31ClN4O4S. The van der Waals surface area contributed by atoms with Crippen molar-refractivity contribution in [2.75, 3.05) is 38.1 Å². The highest BCUT2D eigenvalue weighted by molar-refractivity contribution is 7.89. The van der Waals surface area contributed by atoms with Crippen LogP contribution in [-0.4, -0.2) is 56.4 Å². The minimum Gasteiger partial charge on any atom is -0.484 e. The summed E-state index contributed by atoms with van der Waals surface area (Å²) in [5.41, 5.74) is 2.44. The first-order chi connectivity index (χ1) is 16.8. The number of nitrogens with zero attached hydrogens (tertiary/aromatic N) is 2. The van der Waals surface area contributed by atoms with Gasteiger partial charge < -0.3 is 15.4 Å². The highest BCUT2D eigenvalue weighted by Crippen LogP contribution is 2.25. The minimum absolute atomic E-state index is 0.147. The number of hydrogen-bond acceptors (Lipinski definition) is 6. The van der Waals surface area contributed by atoms with E-state index in [1.807, 2.05) is 24.3 Å². The normalized spacial score (nSPS) is 11.6. The number of aromatic nitrogens is 1. The highest BCUT2D eigenvalue weighted by Gasteiger charge is 2.22. The number of ether oxygens (including phenoxy) is 1. The van der Waals surface area contributed by atoms with Crippen molar-refractivity contribution in [1.82, 2.24) is 14.6 Å². The Labute approximate surface area is 211 Å². The molecule has 1 aromatic heterocycles. The lowest BCUT2D eigenvalue weighted by atomic mass is 10.2. The molecule has 0 spiro atoms. The molecule has 0 saturated carbocycles. The van der Waals surface area contributed by atoms with Crippen LogP contribution in [0.3, 0.4) is 0 Å². The summed E-state index contributed by atoms with van der Waals surface area (Å²) in [6.07, 6.45) is 2.45. The molecule has 2 N–H and O–H groups in total. The SMILES string of the molecule is CCN(CC)S(=O)(=O)c1ccc(OCC(=O)NCCCNc2ccnc3cc(Cl)ccc23)c(C)c1. The van der Waals surface area contributed by atoms with Gasteiger partial charge in [-0.2, -0.15) is 4.31 Å². The van der Waals surface area contributed by atoms with Crippen LogP contribution < -0.4 is 15.4 Å². The fourth-order valence-corrected chi connectivity index (χ4v) is 5.38. The number of benzene rings is 2. The first-order valence-corrected chi connectivity index (χ1v) is 13.4. The number of amides is 1. The molecule has 35 heavy (non-hydrogen) atoms. The van der Waals surface area contributed by atoms with Gasteiger partial charge in [-0.25, -0.2) is 8.42 Å². The number of aryl methyl sites for hydroxylation is 1. The third-order valence-corrected chi connectivity index (χ3v) is 7.83. The van der Waals surface area contributed by atoms with Gasteiger partial charge in [-0.05, 0) is 61.4 Å². The van der Waals surface area contributed by atoms with E-state index in [1.54, 1.807) is 39.1 Å². The molecule has 3 aromatic rings. The van der Waals surface area contributed by atoms with Crippen molar-refractivity contribution in [2.24, 2.45) is 0 Å². The number of sulfonamides is 1. The van der Waals surface area contributed by atoms with Gasteiger partial charge in [-0.3, -0.25) is 9.78 Å². The maximum Gasteiger partial charge on any atom is 0.257 e. The molecule has 8 nitrogen and oxygen atoms in total. The largest absolute Gasteiger partial charge is 0.484 e. The maximum atomic E-state index is 12.7. The van der Waals surface area contributed by atoms with Gasteiger partial charge in [-0.1, -0.05) is 25.4 Å². The zero-order chi connectivity index (χ0) is 25.4. The summed E-state index contributed by atoms with van der Waals surface area (Å²) < 4.78 is 32.4. The Morgan fingerprint density at radius 3 is 2.57 bits per heavy atom. The summed E-state index contributed by atoms with van der Waals surface area (Å²) in [7, 11) is -3.54. The predicted molar refractivity (Wildman–Crippen MR) is 140 cm³/mol. The van der Waals surface area contributed by atoms with Crippen LogP contribution in [0, 0.1) is 6.92 Å². The van der Waals surface area contributed by atoms with Crippen LogP contribution >= 0.6 is 11.6 Å². The third-order valence-electron chi connectivity index (χ3n) is 5.54. The van der Waals surface area contributed by atoms with Crippen LogP contribution in [-0.2, 0) is 14.8 Å². The molecule has 0 aliphatic rings. The van der Waals surface area contributed by atoms with E-state index in [0.29, 0.717) is 42.5 Å². The molecule has 10 heteroatoms. The van der Waals surface area contributed by atoms with E-state index >= 15 is 0 Å². The van der Waals surface area contributed by atoms with Gasteiger partial charge in [0.1, 0.15) is 5.75 Å². The summed E-state index contributed by atoms with van der Waals surface area (Å²) in [5.74, 6) is 0.234. The quantitative estimate of drug-likeness (QED) is 0.348. The topological polar surface area (TPSA) is 101 Å². The summed E-state index contributed by atoms with van der Waals surface area (Å²) in [6.45, 7) is 7.19. The number of carbonyl (C=O) groups excluding carboxylic acids is 1. The van der Waals surface area contributed by atoms with Crippen molar-refractivity contribution in [3.63, 3.8) is 0 Å². The third kappa shape index (κ3) is 6.84. The number of anilines is 1. The standard InChI is InChI=1S/C25H31ClN4O4S/c1-4-30(5-2)35(32,33)20-8-10-24(18(3)15-20)34-17-25(31)29-13-6-12-27-22-11-14-28-23-16-19(26)7-9-21(22)23/h7-11,14-16H,4-6,12-13,17H2,1-3H3,(H,27,28)(H,29,31). The molecule has 0 aliphatic carbocycles. The lowest BCUT2D eigenvalue weighted by Gasteiger charge is -2.19. The Hall–Kier alpha value is -2.88. The van der Waals surface area contributed by atoms with Gasteiger partial charge in [0, 0.05) is 48.5 Å². The summed E-state index contributed by atoms with van der Waals surface area (Å²) in [6, 6.07) is 12.2. The molecule has 0 atom stereocenters. The molecule has 3 rings (SSSR count). The minimum atomic E-state index is -3.54. The second-order valence-electron chi connectivity index (χ2n) is 7.96. The monoisotopic (exact) mass is 518 g/mol. The summed E-state index contributed by atoms with van der Waals surface area (Å²) in [5, 5.41) is 7.82. The van der Waals surface area contributed by atoms with E-state index in [-0.39, 0.29) is 17.4 Å². The van der Waals surface area contributed by atoms with Crippen LogP contribution in [0.5, 0.6) is 5.75 Å². The number of nitrogens with one attached hydrogen (secondary N) is 2. The summed E-state index contributed by atoms with van der Waals surface area (Å²) >= 11 is 6.03. The van der Waals surface area contributed by atoms with E-state index in [2.05, 4.69) is 15.6 Å². The van der Waals surface area contributed by atoms with Crippen LogP contribution in [0.4, 0.5) is 5.69 Å². The van der Waals surface area contributed by atoms with Gasteiger partial charge in [0.2, 0.25) is 10.0 Å². The number of rotatable bonds is 12. The van der Waals surface area contributed by atoms with Crippen molar-refractivity contribution >= 4 is 44.1 Å². The van der Waals surface area contributed by atoms with Crippen LogP contribution in [0.15, 0.2) is 53.6 Å². The lowest BCUT2D eigenvalue weighted by Crippen LogP contribution is -2.31. The maximum absolute atomic E-state index is 12.7. The number of fused-ring (bicyclic) bond motifs is 1. The molecule has 1 amide bonds. The van der Waals surface area contributed by atoms with Gasteiger partial charge in [0.05, 0.1) is 10.4 Å². The zero-order valence-corrected chi connectivity index (χ0v) is 21.7. The van der Waals surface area contributed by atoms with Crippen molar-refractivity contribution in [1.29, 1.82) is 0 Å². The molecule has 0 radical (unpaired) electrons. The molecule has 0 bridgehead atoms. The molecule has 0 saturated heterocycles.